The summed E-state index contributed by atoms with van der Waals surface area (Å²) in [5, 5.41) is 2.98. The van der Waals surface area contributed by atoms with Crippen LogP contribution in [0.25, 0.3) is 0 Å². The molecule has 50 valence electrons. The van der Waals surface area contributed by atoms with Gasteiger partial charge in [0.1, 0.15) is 5.76 Å². The molecule has 0 atom stereocenters. The summed E-state index contributed by atoms with van der Waals surface area (Å²) in [6, 6.07) is 0. The minimum absolute atomic E-state index is 0. The van der Waals surface area contributed by atoms with Crippen LogP contribution in [0.3, 0.4) is 0 Å². The Hall–Kier alpha value is -1.18. The van der Waals surface area contributed by atoms with Gasteiger partial charge in [0.15, 0.2) is 6.73 Å². The van der Waals surface area contributed by atoms with E-state index in [9.17, 15) is 0 Å². The largest absolute Gasteiger partial charge is 0.471 e. The van der Waals surface area contributed by atoms with E-state index in [0.29, 0.717) is 6.73 Å². The second-order valence-corrected chi connectivity index (χ2v) is 1.65. The van der Waals surface area contributed by atoms with Crippen molar-refractivity contribution in [3.05, 3.63) is 36.8 Å². The first-order chi connectivity index (χ1) is 4.38. The van der Waals surface area contributed by atoms with Gasteiger partial charge >= 0.3 is 0 Å². The quantitative estimate of drug-likeness (QED) is 0.602. The SMILES string of the molecule is C=CC1=C(C=C)OCN1.[HH]. The van der Waals surface area contributed by atoms with E-state index in [1.54, 1.807) is 12.2 Å². The van der Waals surface area contributed by atoms with Gasteiger partial charge in [-0.3, -0.25) is 0 Å². The van der Waals surface area contributed by atoms with Crippen molar-refractivity contribution in [1.29, 1.82) is 0 Å². The zero-order chi connectivity index (χ0) is 6.69. The molecule has 0 aliphatic carbocycles. The number of rotatable bonds is 2. The summed E-state index contributed by atoms with van der Waals surface area (Å²) in [5.41, 5.74) is 0.921. The fourth-order valence-electron chi connectivity index (χ4n) is 0.698. The van der Waals surface area contributed by atoms with Crippen LogP contribution < -0.4 is 5.32 Å². The Morgan fingerprint density at radius 1 is 1.56 bits per heavy atom. The molecule has 0 amide bonds. The van der Waals surface area contributed by atoms with Crippen LogP contribution >= 0.6 is 0 Å². The average Bonchev–Trinajstić information content (AvgIpc) is 2.33. The van der Waals surface area contributed by atoms with E-state index in [4.69, 9.17) is 4.74 Å². The predicted molar refractivity (Wildman–Crippen MR) is 38.6 cm³/mol. The Balaban J connectivity index is 0.000000810. The van der Waals surface area contributed by atoms with Crippen molar-refractivity contribution < 1.29 is 6.16 Å². The second-order valence-electron chi connectivity index (χ2n) is 1.65. The van der Waals surface area contributed by atoms with Crippen LogP contribution in [0.2, 0.25) is 0 Å². The lowest BCUT2D eigenvalue weighted by Gasteiger charge is -1.90. The number of hydrogen-bond acceptors (Lipinski definition) is 2. The fourth-order valence-corrected chi connectivity index (χ4v) is 0.698. The smallest absolute Gasteiger partial charge is 0.159 e. The van der Waals surface area contributed by atoms with Gasteiger partial charge in [0.05, 0.1) is 5.70 Å². The van der Waals surface area contributed by atoms with Crippen LogP contribution in [0.15, 0.2) is 36.8 Å². The number of nitrogens with one attached hydrogen (secondary N) is 1. The monoisotopic (exact) mass is 125 g/mol. The molecule has 1 rings (SSSR count). The molecule has 2 nitrogen and oxygen atoms in total. The van der Waals surface area contributed by atoms with Crippen LogP contribution in [-0.2, 0) is 4.74 Å². The lowest BCUT2D eigenvalue weighted by atomic mass is 10.3. The Kier molecular flexibility index (Phi) is 1.58. The second kappa shape index (κ2) is 2.40. The summed E-state index contributed by atoms with van der Waals surface area (Å²) in [4.78, 5) is 0. The molecule has 0 bridgehead atoms. The summed E-state index contributed by atoms with van der Waals surface area (Å²) >= 11 is 0. The highest BCUT2D eigenvalue weighted by Crippen LogP contribution is 2.10. The summed E-state index contributed by atoms with van der Waals surface area (Å²) in [5.74, 6) is 0.782. The van der Waals surface area contributed by atoms with Crippen molar-refractivity contribution in [1.82, 2.24) is 5.32 Å². The lowest BCUT2D eigenvalue weighted by Crippen LogP contribution is -2.05. The minimum atomic E-state index is 0. The number of allylic oxidation sites excluding steroid dienone is 2. The molecule has 0 radical (unpaired) electrons. The van der Waals surface area contributed by atoms with Crippen molar-refractivity contribution in [3.63, 3.8) is 0 Å². The van der Waals surface area contributed by atoms with Gasteiger partial charge in [-0.15, -0.1) is 0 Å². The summed E-state index contributed by atoms with van der Waals surface area (Å²) in [7, 11) is 0. The van der Waals surface area contributed by atoms with Gasteiger partial charge in [-0.2, -0.15) is 0 Å². The van der Waals surface area contributed by atoms with Crippen molar-refractivity contribution in [3.8, 4) is 0 Å². The molecule has 0 saturated carbocycles. The van der Waals surface area contributed by atoms with E-state index in [1.165, 1.54) is 0 Å². The van der Waals surface area contributed by atoms with Gasteiger partial charge in [-0.1, -0.05) is 13.2 Å². The third-order valence-electron chi connectivity index (χ3n) is 1.15. The first kappa shape index (κ1) is 5.95. The van der Waals surface area contributed by atoms with E-state index in [-0.39, 0.29) is 1.43 Å². The molecule has 2 heteroatoms. The molecule has 0 spiro atoms. The van der Waals surface area contributed by atoms with E-state index < -0.39 is 0 Å². The molecule has 1 N–H and O–H groups in total. The molecule has 0 aromatic rings. The molecular formula is C7H11NO. The number of hydrogen-bond donors (Lipinski definition) is 1. The molecule has 0 unspecified atom stereocenters. The van der Waals surface area contributed by atoms with Crippen LogP contribution in [0.4, 0.5) is 0 Å². The zero-order valence-electron chi connectivity index (χ0n) is 5.18. The normalized spacial score (nSPS) is 16.4. The van der Waals surface area contributed by atoms with E-state index in [1.807, 2.05) is 0 Å². The molecule has 1 aliphatic rings. The highest BCUT2D eigenvalue weighted by atomic mass is 16.5. The lowest BCUT2D eigenvalue weighted by molar-refractivity contribution is 0.244. The molecule has 1 heterocycles. The van der Waals surface area contributed by atoms with Gasteiger partial charge < -0.3 is 10.1 Å². The van der Waals surface area contributed by atoms with Crippen LogP contribution in [0.1, 0.15) is 1.43 Å². The van der Waals surface area contributed by atoms with Crippen molar-refractivity contribution >= 4 is 0 Å². The van der Waals surface area contributed by atoms with Gasteiger partial charge in [0, 0.05) is 1.43 Å². The Morgan fingerprint density at radius 3 is 2.78 bits per heavy atom. The van der Waals surface area contributed by atoms with Crippen molar-refractivity contribution in [2.45, 2.75) is 0 Å². The van der Waals surface area contributed by atoms with E-state index >= 15 is 0 Å². The standard InChI is InChI=1S/C7H9NO.H2/c1-3-6-7(4-2)9-5-8-6;/h3-4,8H,1-2,5H2;1H. The molecule has 0 saturated heterocycles. The van der Waals surface area contributed by atoms with Gasteiger partial charge in [0.25, 0.3) is 0 Å². The van der Waals surface area contributed by atoms with Gasteiger partial charge in [-0.05, 0) is 12.2 Å². The van der Waals surface area contributed by atoms with Crippen LogP contribution in [-0.4, -0.2) is 6.73 Å². The summed E-state index contributed by atoms with van der Waals surface area (Å²) in [6.07, 6.45) is 3.38. The Bertz CT molecular complexity index is 156. The van der Waals surface area contributed by atoms with Crippen LogP contribution in [0, 0.1) is 0 Å². The van der Waals surface area contributed by atoms with Gasteiger partial charge in [0.2, 0.25) is 0 Å². The molecule has 1 aliphatic heterocycles. The zero-order valence-corrected chi connectivity index (χ0v) is 5.18. The predicted octanol–water partition coefficient (Wildman–Crippen LogP) is 1.39. The summed E-state index contributed by atoms with van der Waals surface area (Å²) in [6.45, 7) is 7.69. The van der Waals surface area contributed by atoms with E-state index in [2.05, 4.69) is 18.5 Å². The minimum Gasteiger partial charge on any atom is -0.471 e. The molecule has 0 aromatic carbocycles. The van der Waals surface area contributed by atoms with Crippen molar-refractivity contribution in [2.75, 3.05) is 6.73 Å². The maximum atomic E-state index is 5.08. The highest BCUT2D eigenvalue weighted by molar-refractivity contribution is 5.27. The summed E-state index contributed by atoms with van der Waals surface area (Å²) < 4.78 is 5.08. The maximum absolute atomic E-state index is 5.08. The highest BCUT2D eigenvalue weighted by Gasteiger charge is 2.06. The molecule has 9 heavy (non-hydrogen) atoms. The third-order valence-corrected chi connectivity index (χ3v) is 1.15. The van der Waals surface area contributed by atoms with E-state index in [0.717, 1.165) is 11.5 Å². The Labute approximate surface area is 56.0 Å². The molecular weight excluding hydrogens is 114 g/mol. The number of ether oxygens (including phenoxy) is 1. The molecule has 0 aromatic heterocycles. The first-order valence-electron chi connectivity index (χ1n) is 2.74. The topological polar surface area (TPSA) is 21.3 Å². The Morgan fingerprint density at radius 2 is 2.33 bits per heavy atom. The van der Waals surface area contributed by atoms with Crippen LogP contribution in [0.5, 0.6) is 0 Å². The van der Waals surface area contributed by atoms with Crippen molar-refractivity contribution in [2.24, 2.45) is 0 Å². The maximum Gasteiger partial charge on any atom is 0.159 e. The average molecular weight is 125 g/mol. The third kappa shape index (κ3) is 0.964. The fraction of sp³-hybridized carbons (Fsp3) is 0.143. The van der Waals surface area contributed by atoms with Gasteiger partial charge in [-0.25, -0.2) is 0 Å². The molecule has 0 fully saturated rings. The first-order valence-corrected chi connectivity index (χ1v) is 2.74.